The Labute approximate surface area is 152 Å². The van der Waals surface area contributed by atoms with Crippen LogP contribution in [0, 0.1) is 5.82 Å². The maximum Gasteiger partial charge on any atom is 0.417 e. The molecule has 0 radical (unpaired) electrons. The van der Waals surface area contributed by atoms with Crippen LogP contribution in [0.4, 0.5) is 17.6 Å². The minimum atomic E-state index is -4.57. The number of nitrogens with one attached hydrogen (secondary N) is 1. The van der Waals surface area contributed by atoms with Crippen LogP contribution in [0.15, 0.2) is 36.4 Å². The fourth-order valence-electron chi connectivity index (χ4n) is 2.14. The Bertz CT molecular complexity index is 793. The molecule has 2 aromatic carbocycles. The number of carbonyl (C=O) groups excluding carboxylic acids is 1. The molecule has 1 amide bonds. The summed E-state index contributed by atoms with van der Waals surface area (Å²) < 4.78 is 57.4. The van der Waals surface area contributed by atoms with E-state index in [-0.39, 0.29) is 17.1 Å². The van der Waals surface area contributed by atoms with Crippen molar-refractivity contribution in [1.82, 2.24) is 5.32 Å². The van der Waals surface area contributed by atoms with Gasteiger partial charge in [0, 0.05) is 12.6 Å². The first-order chi connectivity index (χ1) is 12.2. The molecule has 0 saturated heterocycles. The predicted octanol–water partition coefficient (Wildman–Crippen LogP) is 5.82. The predicted molar refractivity (Wildman–Crippen MR) is 90.2 cm³/mol. The number of amides is 1. The molecule has 2 rings (SSSR count). The van der Waals surface area contributed by atoms with Gasteiger partial charge < -0.3 is 10.1 Å². The minimum Gasteiger partial charge on any atom is -0.457 e. The van der Waals surface area contributed by atoms with Gasteiger partial charge in [0.1, 0.15) is 17.3 Å². The number of carbonyl (C=O) groups is 1. The van der Waals surface area contributed by atoms with Crippen molar-refractivity contribution in [2.24, 2.45) is 0 Å². The van der Waals surface area contributed by atoms with Crippen LogP contribution < -0.4 is 10.1 Å². The summed E-state index contributed by atoms with van der Waals surface area (Å²) in [5.41, 5.74) is -1.20. The van der Waals surface area contributed by atoms with Gasteiger partial charge in [0.15, 0.2) is 0 Å². The number of hydrogen-bond donors (Lipinski definition) is 1. The number of halogens is 5. The Hall–Kier alpha value is -2.28. The van der Waals surface area contributed by atoms with Crippen molar-refractivity contribution in [2.75, 3.05) is 6.54 Å². The number of hydrogen-bond acceptors (Lipinski definition) is 2. The molecule has 0 unspecified atom stereocenters. The van der Waals surface area contributed by atoms with Crippen LogP contribution in [0.2, 0.25) is 5.02 Å². The molecule has 0 fully saturated rings. The van der Waals surface area contributed by atoms with Gasteiger partial charge in [-0.25, -0.2) is 4.39 Å². The first kappa shape index (κ1) is 20.0. The van der Waals surface area contributed by atoms with E-state index in [2.05, 4.69) is 5.32 Å². The molecular weight excluding hydrogens is 374 g/mol. The molecule has 3 nitrogen and oxygen atoms in total. The lowest BCUT2D eigenvalue weighted by molar-refractivity contribution is -0.137. The molecule has 2 aromatic rings. The number of rotatable bonds is 6. The number of alkyl halides is 3. The molecule has 1 N–H and O–H groups in total. The van der Waals surface area contributed by atoms with Gasteiger partial charge in [-0.3, -0.25) is 4.79 Å². The third-order valence-electron chi connectivity index (χ3n) is 3.48. The lowest BCUT2D eigenvalue weighted by Gasteiger charge is -2.12. The average Bonchev–Trinajstić information content (AvgIpc) is 2.55. The van der Waals surface area contributed by atoms with E-state index < -0.39 is 28.5 Å². The SMILES string of the molecule is CCCCNC(=O)c1cc(Oc2ccc(C(F)(F)F)c(Cl)c2)ccc1F. The smallest absolute Gasteiger partial charge is 0.417 e. The summed E-state index contributed by atoms with van der Waals surface area (Å²) in [5.74, 6) is -1.18. The van der Waals surface area contributed by atoms with Gasteiger partial charge in [0.25, 0.3) is 5.91 Å². The standard InChI is InChI=1S/C18H16ClF4NO2/c1-2-3-8-24-17(25)13-9-11(5-7-16(13)20)26-12-4-6-14(15(19)10-12)18(21,22)23/h4-7,9-10H,2-3,8H2,1H3,(H,24,25). The topological polar surface area (TPSA) is 38.3 Å². The molecule has 0 aromatic heterocycles. The molecule has 26 heavy (non-hydrogen) atoms. The highest BCUT2D eigenvalue weighted by Crippen LogP contribution is 2.37. The number of benzene rings is 2. The molecule has 0 saturated carbocycles. The second-order valence-electron chi connectivity index (χ2n) is 5.49. The maximum atomic E-state index is 13.9. The van der Waals surface area contributed by atoms with Crippen molar-refractivity contribution in [1.29, 1.82) is 0 Å². The Morgan fingerprint density at radius 3 is 2.42 bits per heavy atom. The van der Waals surface area contributed by atoms with Gasteiger partial charge in [-0.1, -0.05) is 24.9 Å². The normalized spacial score (nSPS) is 11.3. The third-order valence-corrected chi connectivity index (χ3v) is 3.79. The van der Waals surface area contributed by atoms with Gasteiger partial charge in [-0.05, 0) is 36.8 Å². The van der Waals surface area contributed by atoms with E-state index in [1.54, 1.807) is 0 Å². The van der Waals surface area contributed by atoms with Crippen LogP contribution >= 0.6 is 11.6 Å². The number of ether oxygens (including phenoxy) is 1. The van der Waals surface area contributed by atoms with E-state index in [9.17, 15) is 22.4 Å². The molecule has 0 heterocycles. The Kier molecular flexibility index (Phi) is 6.47. The first-order valence-electron chi connectivity index (χ1n) is 7.84. The fraction of sp³-hybridized carbons (Fsp3) is 0.278. The van der Waals surface area contributed by atoms with E-state index in [4.69, 9.17) is 16.3 Å². The van der Waals surface area contributed by atoms with E-state index in [0.717, 1.165) is 37.1 Å². The van der Waals surface area contributed by atoms with Crippen LogP contribution in [-0.4, -0.2) is 12.5 Å². The highest BCUT2D eigenvalue weighted by molar-refractivity contribution is 6.31. The first-order valence-corrected chi connectivity index (χ1v) is 8.22. The van der Waals surface area contributed by atoms with Crippen molar-refractivity contribution in [2.45, 2.75) is 25.9 Å². The molecule has 0 aliphatic rings. The third kappa shape index (κ3) is 5.11. The molecular formula is C18H16ClF4NO2. The zero-order valence-corrected chi connectivity index (χ0v) is 14.5. The highest BCUT2D eigenvalue weighted by Gasteiger charge is 2.33. The van der Waals surface area contributed by atoms with E-state index in [0.29, 0.717) is 6.54 Å². The van der Waals surface area contributed by atoms with Gasteiger partial charge in [-0.15, -0.1) is 0 Å². The lowest BCUT2D eigenvalue weighted by atomic mass is 10.1. The summed E-state index contributed by atoms with van der Waals surface area (Å²) in [6.45, 7) is 2.37. The van der Waals surface area contributed by atoms with Crippen LogP contribution in [0.1, 0.15) is 35.7 Å². The summed E-state index contributed by atoms with van der Waals surface area (Å²) in [5, 5.41) is 2.07. The summed E-state index contributed by atoms with van der Waals surface area (Å²) in [6, 6.07) is 6.40. The Morgan fingerprint density at radius 1 is 1.15 bits per heavy atom. The molecule has 0 aliphatic carbocycles. The van der Waals surface area contributed by atoms with Crippen molar-refractivity contribution in [3.63, 3.8) is 0 Å². The average molecular weight is 390 g/mol. The number of unbranched alkanes of at least 4 members (excludes halogenated alkanes) is 1. The Morgan fingerprint density at radius 2 is 1.81 bits per heavy atom. The van der Waals surface area contributed by atoms with Crippen LogP contribution in [-0.2, 0) is 6.18 Å². The van der Waals surface area contributed by atoms with Gasteiger partial charge >= 0.3 is 6.18 Å². The second-order valence-corrected chi connectivity index (χ2v) is 5.90. The zero-order chi connectivity index (χ0) is 19.3. The van der Waals surface area contributed by atoms with Crippen molar-refractivity contribution < 1.29 is 27.1 Å². The molecule has 0 spiro atoms. The van der Waals surface area contributed by atoms with Crippen LogP contribution in [0.25, 0.3) is 0 Å². The van der Waals surface area contributed by atoms with E-state index in [1.165, 1.54) is 12.1 Å². The monoisotopic (exact) mass is 389 g/mol. The summed E-state index contributed by atoms with van der Waals surface area (Å²) >= 11 is 5.63. The van der Waals surface area contributed by atoms with Gasteiger partial charge in [0.05, 0.1) is 16.1 Å². The van der Waals surface area contributed by atoms with Gasteiger partial charge in [0.2, 0.25) is 0 Å². The largest absolute Gasteiger partial charge is 0.457 e. The summed E-state index contributed by atoms with van der Waals surface area (Å²) in [6.07, 6.45) is -2.94. The maximum absolute atomic E-state index is 13.9. The van der Waals surface area contributed by atoms with Crippen molar-refractivity contribution in [3.05, 3.63) is 58.4 Å². The van der Waals surface area contributed by atoms with Gasteiger partial charge in [-0.2, -0.15) is 13.2 Å². The van der Waals surface area contributed by atoms with Crippen molar-refractivity contribution >= 4 is 17.5 Å². The van der Waals surface area contributed by atoms with Crippen molar-refractivity contribution in [3.8, 4) is 11.5 Å². The fourth-order valence-corrected chi connectivity index (χ4v) is 2.42. The molecule has 0 atom stereocenters. The van der Waals surface area contributed by atoms with Crippen LogP contribution in [0.3, 0.4) is 0 Å². The molecule has 0 bridgehead atoms. The molecule has 140 valence electrons. The zero-order valence-electron chi connectivity index (χ0n) is 13.8. The minimum absolute atomic E-state index is 0.0342. The molecule has 8 heteroatoms. The lowest BCUT2D eigenvalue weighted by Crippen LogP contribution is -2.25. The Balaban J connectivity index is 2.19. The van der Waals surface area contributed by atoms with E-state index in [1.807, 2.05) is 6.92 Å². The quantitative estimate of drug-likeness (QED) is 0.499. The van der Waals surface area contributed by atoms with Crippen LogP contribution in [0.5, 0.6) is 11.5 Å². The van der Waals surface area contributed by atoms with E-state index >= 15 is 0 Å². The molecule has 0 aliphatic heterocycles. The highest BCUT2D eigenvalue weighted by atomic mass is 35.5. The second kappa shape index (κ2) is 8.40. The summed E-state index contributed by atoms with van der Waals surface area (Å²) in [4.78, 5) is 12.0. The summed E-state index contributed by atoms with van der Waals surface area (Å²) in [7, 11) is 0.